The number of aryl methyl sites for hydroxylation is 1. The zero-order chi connectivity index (χ0) is 21.9. The minimum Gasteiger partial charge on any atom is -0.406 e. The van der Waals surface area contributed by atoms with E-state index in [1.165, 1.54) is 23.1 Å². The summed E-state index contributed by atoms with van der Waals surface area (Å²) in [5, 5.41) is 3.23. The van der Waals surface area contributed by atoms with Crippen LogP contribution in [0.25, 0.3) is 10.2 Å². The van der Waals surface area contributed by atoms with Crippen LogP contribution in [0.2, 0.25) is 0 Å². The highest BCUT2D eigenvalue weighted by atomic mass is 32.1. The topological polar surface area (TPSA) is 57.7 Å². The molecule has 2 aromatic carbocycles. The number of hydrogen-bond donors (Lipinski definition) is 1. The average Bonchev–Trinajstić information content (AvgIpc) is 3.05. The normalized spacial score (nSPS) is 11.7. The summed E-state index contributed by atoms with van der Waals surface area (Å²) < 4.78 is 41.9. The number of nitrogens with zero attached hydrogens (tertiary/aromatic N) is 3. The number of anilines is 2. The van der Waals surface area contributed by atoms with Gasteiger partial charge in [-0.15, -0.1) is 13.2 Å². The number of urea groups is 1. The molecule has 1 N–H and O–H groups in total. The van der Waals surface area contributed by atoms with E-state index in [1.807, 2.05) is 38.1 Å². The van der Waals surface area contributed by atoms with Crippen LogP contribution in [-0.2, 0) is 0 Å². The van der Waals surface area contributed by atoms with Gasteiger partial charge in [0.2, 0.25) is 0 Å². The molecule has 10 heteroatoms. The van der Waals surface area contributed by atoms with E-state index in [9.17, 15) is 18.0 Å². The first kappa shape index (κ1) is 21.8. The zero-order valence-corrected chi connectivity index (χ0v) is 17.5. The van der Waals surface area contributed by atoms with Crippen LogP contribution < -0.4 is 15.0 Å². The summed E-state index contributed by atoms with van der Waals surface area (Å²) in [5.74, 6) is -0.325. The summed E-state index contributed by atoms with van der Waals surface area (Å²) in [6.07, 6.45) is -4.77. The van der Waals surface area contributed by atoms with Gasteiger partial charge in [-0.05, 0) is 45.3 Å². The highest BCUT2D eigenvalue weighted by molar-refractivity contribution is 7.22. The molecule has 0 aliphatic rings. The molecule has 0 unspecified atom stereocenters. The number of alkyl halides is 3. The van der Waals surface area contributed by atoms with Gasteiger partial charge in [0.25, 0.3) is 0 Å². The number of nitrogens with one attached hydrogen (secondary N) is 1. The lowest BCUT2D eigenvalue weighted by molar-refractivity contribution is -0.274. The lowest BCUT2D eigenvalue weighted by Gasteiger charge is -2.22. The van der Waals surface area contributed by atoms with Crippen LogP contribution in [0.4, 0.5) is 28.8 Å². The van der Waals surface area contributed by atoms with Gasteiger partial charge in [-0.2, -0.15) is 0 Å². The van der Waals surface area contributed by atoms with Gasteiger partial charge in [0, 0.05) is 24.8 Å². The third kappa shape index (κ3) is 5.83. The Balaban J connectivity index is 1.87. The van der Waals surface area contributed by atoms with Gasteiger partial charge < -0.3 is 15.0 Å². The lowest BCUT2D eigenvalue weighted by Crippen LogP contribution is -2.39. The van der Waals surface area contributed by atoms with E-state index in [-0.39, 0.29) is 11.8 Å². The first-order valence-electron chi connectivity index (χ1n) is 9.07. The fourth-order valence-electron chi connectivity index (χ4n) is 2.62. The molecule has 6 nitrogen and oxygen atoms in total. The molecule has 0 saturated carbocycles. The van der Waals surface area contributed by atoms with Crippen molar-refractivity contribution >= 4 is 38.4 Å². The van der Waals surface area contributed by atoms with Gasteiger partial charge in [0.1, 0.15) is 5.75 Å². The number of halogens is 3. The molecule has 3 rings (SSSR count). The second-order valence-corrected chi connectivity index (χ2v) is 7.93. The maximum Gasteiger partial charge on any atom is 0.573 e. The maximum atomic E-state index is 12.9. The second-order valence-electron chi connectivity index (χ2n) is 6.92. The molecule has 0 radical (unpaired) electrons. The van der Waals surface area contributed by atoms with Crippen LogP contribution in [0, 0.1) is 6.92 Å². The largest absolute Gasteiger partial charge is 0.573 e. The maximum absolute atomic E-state index is 12.9. The summed E-state index contributed by atoms with van der Waals surface area (Å²) in [7, 11) is 3.77. The average molecular weight is 438 g/mol. The molecule has 0 bridgehead atoms. The van der Waals surface area contributed by atoms with Gasteiger partial charge >= 0.3 is 12.4 Å². The molecule has 0 aliphatic carbocycles. The minimum absolute atomic E-state index is 0.325. The van der Waals surface area contributed by atoms with Crippen molar-refractivity contribution in [1.29, 1.82) is 0 Å². The molecule has 2 amide bonds. The molecule has 3 aromatic rings. The zero-order valence-electron chi connectivity index (χ0n) is 16.7. The molecule has 160 valence electrons. The molecule has 0 atom stereocenters. The number of hydrogen-bond acceptors (Lipinski definition) is 5. The molecule has 0 aliphatic heterocycles. The predicted octanol–water partition coefficient (Wildman–Crippen LogP) is 5.10. The summed E-state index contributed by atoms with van der Waals surface area (Å²) >= 11 is 1.13. The molecule has 0 fully saturated rings. The van der Waals surface area contributed by atoms with Crippen molar-refractivity contribution in [3.05, 3.63) is 48.0 Å². The van der Waals surface area contributed by atoms with Crippen LogP contribution >= 0.6 is 11.3 Å². The quantitative estimate of drug-likeness (QED) is 0.582. The number of likely N-dealkylation sites (N-methyl/N-ethyl adjacent to an activating group) is 1. The Kier molecular flexibility index (Phi) is 6.47. The fourth-order valence-corrected chi connectivity index (χ4v) is 3.64. The summed E-state index contributed by atoms with van der Waals surface area (Å²) in [4.78, 5) is 20.8. The SMILES string of the molecule is Cc1ccc(NC(=O)N(CCN(C)C)c2nc3ccc(OC(F)(F)F)cc3s2)cc1. The molecule has 30 heavy (non-hydrogen) atoms. The number of benzene rings is 2. The van der Waals surface area contributed by atoms with Crippen LogP contribution in [-0.4, -0.2) is 49.5 Å². The number of carbonyl (C=O) groups excluding carboxylic acids is 1. The van der Waals surface area contributed by atoms with Crippen molar-refractivity contribution in [3.63, 3.8) is 0 Å². The Morgan fingerprint density at radius 1 is 1.13 bits per heavy atom. The number of fused-ring (bicyclic) bond motifs is 1. The number of ether oxygens (including phenoxy) is 1. The summed E-state index contributed by atoms with van der Waals surface area (Å²) in [6, 6.07) is 10.9. The van der Waals surface area contributed by atoms with E-state index in [0.717, 1.165) is 16.9 Å². The second kappa shape index (κ2) is 8.88. The summed E-state index contributed by atoms with van der Waals surface area (Å²) in [6.45, 7) is 2.89. The number of thiazole rings is 1. The fraction of sp³-hybridized carbons (Fsp3) is 0.300. The van der Waals surface area contributed by atoms with E-state index in [4.69, 9.17) is 0 Å². The van der Waals surface area contributed by atoms with Gasteiger partial charge in [-0.3, -0.25) is 4.90 Å². The van der Waals surface area contributed by atoms with E-state index in [2.05, 4.69) is 15.0 Å². The number of carbonyl (C=O) groups is 1. The van der Waals surface area contributed by atoms with Crippen molar-refractivity contribution in [3.8, 4) is 5.75 Å². The Labute approximate surface area is 175 Å². The Morgan fingerprint density at radius 2 is 1.83 bits per heavy atom. The van der Waals surface area contributed by atoms with Crippen molar-refractivity contribution < 1.29 is 22.7 Å². The van der Waals surface area contributed by atoms with E-state index >= 15 is 0 Å². The molecular formula is C20H21F3N4O2S. The van der Waals surface area contributed by atoms with Crippen LogP contribution in [0.5, 0.6) is 5.75 Å². The third-order valence-electron chi connectivity index (χ3n) is 4.13. The standard InChI is InChI=1S/C20H21F3N4O2S/c1-13-4-6-14(7-5-13)24-18(28)27(11-10-26(2)3)19-25-16-9-8-15(12-17(16)30-19)29-20(21,22)23/h4-9,12H,10-11H2,1-3H3,(H,24,28). The molecule has 1 heterocycles. The summed E-state index contributed by atoms with van der Waals surface area (Å²) in [5.41, 5.74) is 2.20. The van der Waals surface area contributed by atoms with E-state index < -0.39 is 6.36 Å². The van der Waals surface area contributed by atoms with Crippen molar-refractivity contribution in [2.75, 3.05) is 37.4 Å². The first-order chi connectivity index (χ1) is 14.1. The van der Waals surface area contributed by atoms with Gasteiger partial charge in [0.15, 0.2) is 5.13 Å². The van der Waals surface area contributed by atoms with Gasteiger partial charge in [0.05, 0.1) is 10.2 Å². The van der Waals surface area contributed by atoms with Gasteiger partial charge in [-0.25, -0.2) is 9.78 Å². The van der Waals surface area contributed by atoms with Crippen molar-refractivity contribution in [1.82, 2.24) is 9.88 Å². The first-order valence-corrected chi connectivity index (χ1v) is 9.88. The van der Waals surface area contributed by atoms with Crippen molar-refractivity contribution in [2.45, 2.75) is 13.3 Å². The van der Waals surface area contributed by atoms with E-state index in [0.29, 0.717) is 34.1 Å². The molecule has 0 spiro atoms. The predicted molar refractivity (Wildman–Crippen MR) is 112 cm³/mol. The Hall–Kier alpha value is -2.85. The van der Waals surface area contributed by atoms with E-state index in [1.54, 1.807) is 12.1 Å². The highest BCUT2D eigenvalue weighted by Gasteiger charge is 2.31. The highest BCUT2D eigenvalue weighted by Crippen LogP contribution is 2.33. The van der Waals surface area contributed by atoms with Crippen LogP contribution in [0.3, 0.4) is 0 Å². The lowest BCUT2D eigenvalue weighted by atomic mass is 10.2. The molecule has 1 aromatic heterocycles. The monoisotopic (exact) mass is 438 g/mol. The van der Waals surface area contributed by atoms with Crippen molar-refractivity contribution in [2.24, 2.45) is 0 Å². The Morgan fingerprint density at radius 3 is 2.47 bits per heavy atom. The van der Waals surface area contributed by atoms with Crippen LogP contribution in [0.15, 0.2) is 42.5 Å². The Bertz CT molecular complexity index is 1020. The smallest absolute Gasteiger partial charge is 0.406 e. The third-order valence-corrected chi connectivity index (χ3v) is 5.17. The van der Waals surface area contributed by atoms with Gasteiger partial charge in [-0.1, -0.05) is 29.0 Å². The number of aromatic nitrogens is 1. The molecule has 0 saturated heterocycles. The number of rotatable bonds is 6. The molecular weight excluding hydrogens is 417 g/mol. The van der Waals surface area contributed by atoms with Crippen LogP contribution in [0.1, 0.15) is 5.56 Å². The number of amides is 2. The minimum atomic E-state index is -4.77.